The first-order chi connectivity index (χ1) is 10.1. The van der Waals surface area contributed by atoms with Crippen LogP contribution in [0.2, 0.25) is 5.02 Å². The lowest BCUT2D eigenvalue weighted by atomic mass is 9.93. The van der Waals surface area contributed by atoms with Crippen molar-refractivity contribution < 1.29 is 4.79 Å². The molecule has 114 valence electrons. The van der Waals surface area contributed by atoms with E-state index in [-0.39, 0.29) is 5.91 Å². The number of hydrogen-bond donors (Lipinski definition) is 2. The van der Waals surface area contributed by atoms with Gasteiger partial charge in [-0.25, -0.2) is 0 Å². The molecule has 1 amide bonds. The summed E-state index contributed by atoms with van der Waals surface area (Å²) in [7, 11) is 0. The topological polar surface area (TPSA) is 44.4 Å². The van der Waals surface area contributed by atoms with Gasteiger partial charge in [-0.2, -0.15) is 0 Å². The number of amides is 1. The zero-order valence-electron chi connectivity index (χ0n) is 12.4. The number of piperidine rings is 1. The van der Waals surface area contributed by atoms with Crippen LogP contribution >= 0.6 is 11.6 Å². The molecule has 2 unspecified atom stereocenters. The number of anilines is 1. The van der Waals surface area contributed by atoms with Gasteiger partial charge in [0.05, 0.1) is 6.54 Å². The highest BCUT2D eigenvalue weighted by molar-refractivity contribution is 6.31. The van der Waals surface area contributed by atoms with E-state index in [0.717, 1.165) is 37.3 Å². The van der Waals surface area contributed by atoms with Gasteiger partial charge in [0.1, 0.15) is 0 Å². The fourth-order valence-electron chi connectivity index (χ4n) is 3.39. The van der Waals surface area contributed by atoms with Gasteiger partial charge in [-0.3, -0.25) is 9.69 Å². The molecule has 0 aromatic heterocycles. The van der Waals surface area contributed by atoms with Crippen molar-refractivity contribution in [3.8, 4) is 0 Å². The van der Waals surface area contributed by atoms with Gasteiger partial charge in [0.15, 0.2) is 0 Å². The summed E-state index contributed by atoms with van der Waals surface area (Å²) < 4.78 is 0. The van der Waals surface area contributed by atoms with Crippen molar-refractivity contribution in [2.24, 2.45) is 5.92 Å². The fraction of sp³-hybridized carbons (Fsp3) is 0.562. The average Bonchev–Trinajstić information content (AvgIpc) is 2.90. The van der Waals surface area contributed by atoms with Crippen molar-refractivity contribution in [2.45, 2.75) is 25.8 Å². The van der Waals surface area contributed by atoms with E-state index < -0.39 is 0 Å². The molecule has 4 nitrogen and oxygen atoms in total. The maximum absolute atomic E-state index is 12.2. The van der Waals surface area contributed by atoms with Crippen LogP contribution in [-0.2, 0) is 4.79 Å². The van der Waals surface area contributed by atoms with Gasteiger partial charge in [-0.05, 0) is 49.9 Å². The molecule has 2 aliphatic rings. The van der Waals surface area contributed by atoms with Gasteiger partial charge in [-0.1, -0.05) is 17.7 Å². The summed E-state index contributed by atoms with van der Waals surface area (Å²) in [6, 6.07) is 6.24. The van der Waals surface area contributed by atoms with Crippen LogP contribution in [0.15, 0.2) is 18.2 Å². The lowest BCUT2D eigenvalue weighted by molar-refractivity contribution is -0.117. The number of fused-ring (bicyclic) bond motifs is 1. The van der Waals surface area contributed by atoms with Crippen molar-refractivity contribution in [2.75, 3.05) is 31.5 Å². The molecular weight excluding hydrogens is 286 g/mol. The Balaban J connectivity index is 1.55. The van der Waals surface area contributed by atoms with Crippen LogP contribution in [0.3, 0.4) is 0 Å². The molecule has 2 fully saturated rings. The number of benzene rings is 1. The van der Waals surface area contributed by atoms with Crippen LogP contribution in [0.5, 0.6) is 0 Å². The van der Waals surface area contributed by atoms with Crippen molar-refractivity contribution >= 4 is 23.2 Å². The lowest BCUT2D eigenvalue weighted by Gasteiger charge is -2.34. The molecule has 0 spiro atoms. The second-order valence-corrected chi connectivity index (χ2v) is 6.58. The predicted molar refractivity (Wildman–Crippen MR) is 85.8 cm³/mol. The number of carbonyl (C=O) groups is 1. The maximum atomic E-state index is 12.2. The average molecular weight is 308 g/mol. The van der Waals surface area contributed by atoms with Gasteiger partial charge in [0.2, 0.25) is 5.91 Å². The molecule has 2 heterocycles. The normalized spacial score (nSPS) is 25.6. The summed E-state index contributed by atoms with van der Waals surface area (Å²) in [5.74, 6) is 0.754. The molecule has 1 aromatic rings. The highest BCUT2D eigenvalue weighted by Crippen LogP contribution is 2.24. The van der Waals surface area contributed by atoms with Crippen LogP contribution in [-0.4, -0.2) is 43.0 Å². The van der Waals surface area contributed by atoms with E-state index in [1.807, 2.05) is 25.1 Å². The third-order valence-electron chi connectivity index (χ3n) is 4.58. The third kappa shape index (κ3) is 3.57. The Bertz CT molecular complexity index is 534. The summed E-state index contributed by atoms with van der Waals surface area (Å²) in [5.41, 5.74) is 1.84. The number of carbonyl (C=O) groups excluding carboxylic acids is 1. The smallest absolute Gasteiger partial charge is 0.238 e. The molecule has 21 heavy (non-hydrogen) atoms. The van der Waals surface area contributed by atoms with Crippen LogP contribution in [0.25, 0.3) is 0 Å². The Kier molecular flexibility index (Phi) is 4.48. The number of aryl methyl sites for hydroxylation is 1. The Morgan fingerprint density at radius 3 is 3.19 bits per heavy atom. The summed E-state index contributed by atoms with van der Waals surface area (Å²) >= 11 is 5.98. The minimum atomic E-state index is 0.0461. The van der Waals surface area contributed by atoms with Crippen LogP contribution in [0.1, 0.15) is 18.4 Å². The van der Waals surface area contributed by atoms with Crippen LogP contribution < -0.4 is 10.6 Å². The molecule has 0 bridgehead atoms. The van der Waals surface area contributed by atoms with Crippen molar-refractivity contribution in [3.63, 3.8) is 0 Å². The Labute approximate surface area is 130 Å². The molecule has 1 aromatic carbocycles. The SMILES string of the molecule is Cc1ccc(Cl)cc1NC(=O)CN1CCC2NCCC2C1. The first-order valence-electron chi connectivity index (χ1n) is 7.63. The number of nitrogens with one attached hydrogen (secondary N) is 2. The largest absolute Gasteiger partial charge is 0.325 e. The van der Waals surface area contributed by atoms with E-state index >= 15 is 0 Å². The second-order valence-electron chi connectivity index (χ2n) is 6.14. The van der Waals surface area contributed by atoms with Crippen molar-refractivity contribution in [1.29, 1.82) is 0 Å². The lowest BCUT2D eigenvalue weighted by Crippen LogP contribution is -2.46. The molecule has 0 saturated carbocycles. The van der Waals surface area contributed by atoms with Gasteiger partial charge in [0.25, 0.3) is 0 Å². The Morgan fingerprint density at radius 2 is 2.33 bits per heavy atom. The van der Waals surface area contributed by atoms with Gasteiger partial charge in [-0.15, -0.1) is 0 Å². The first-order valence-corrected chi connectivity index (χ1v) is 8.01. The van der Waals surface area contributed by atoms with Crippen molar-refractivity contribution in [1.82, 2.24) is 10.2 Å². The minimum Gasteiger partial charge on any atom is -0.325 e. The van der Waals surface area contributed by atoms with Crippen molar-refractivity contribution in [3.05, 3.63) is 28.8 Å². The van der Waals surface area contributed by atoms with E-state index in [4.69, 9.17) is 11.6 Å². The standard InChI is InChI=1S/C16H22ClN3O/c1-11-2-3-13(17)8-15(11)19-16(21)10-20-7-5-14-12(9-20)4-6-18-14/h2-3,8,12,14,18H,4-7,9-10H2,1H3,(H,19,21). The number of halogens is 1. The molecule has 2 saturated heterocycles. The number of rotatable bonds is 3. The minimum absolute atomic E-state index is 0.0461. The quantitative estimate of drug-likeness (QED) is 0.900. The maximum Gasteiger partial charge on any atom is 0.238 e. The van der Waals surface area contributed by atoms with E-state index in [0.29, 0.717) is 23.5 Å². The van der Waals surface area contributed by atoms with Gasteiger partial charge < -0.3 is 10.6 Å². The highest BCUT2D eigenvalue weighted by atomic mass is 35.5. The van der Waals surface area contributed by atoms with Gasteiger partial charge in [0, 0.05) is 29.8 Å². The van der Waals surface area contributed by atoms with E-state index in [2.05, 4.69) is 15.5 Å². The molecule has 0 aliphatic carbocycles. The van der Waals surface area contributed by atoms with Crippen LogP contribution in [0, 0.1) is 12.8 Å². The molecule has 3 rings (SSSR count). The predicted octanol–water partition coefficient (Wildman–Crippen LogP) is 2.27. The molecule has 2 N–H and O–H groups in total. The summed E-state index contributed by atoms with van der Waals surface area (Å²) in [4.78, 5) is 14.5. The van der Waals surface area contributed by atoms with E-state index in [1.54, 1.807) is 0 Å². The van der Waals surface area contributed by atoms with E-state index in [1.165, 1.54) is 6.42 Å². The monoisotopic (exact) mass is 307 g/mol. The molecule has 2 atom stereocenters. The van der Waals surface area contributed by atoms with E-state index in [9.17, 15) is 4.79 Å². The molecule has 0 radical (unpaired) electrons. The molecule has 5 heteroatoms. The number of likely N-dealkylation sites (tertiary alicyclic amines) is 1. The Morgan fingerprint density at radius 1 is 1.48 bits per heavy atom. The Hall–Kier alpha value is -1.10. The summed E-state index contributed by atoms with van der Waals surface area (Å²) in [6.07, 6.45) is 2.38. The van der Waals surface area contributed by atoms with Gasteiger partial charge >= 0.3 is 0 Å². The molecular formula is C16H22ClN3O. The zero-order chi connectivity index (χ0) is 14.8. The number of hydrogen-bond acceptors (Lipinski definition) is 3. The summed E-state index contributed by atoms with van der Waals surface area (Å²) in [6.45, 7) is 5.59. The molecule has 2 aliphatic heterocycles. The number of nitrogens with zero attached hydrogens (tertiary/aromatic N) is 1. The fourth-order valence-corrected chi connectivity index (χ4v) is 3.56. The highest BCUT2D eigenvalue weighted by Gasteiger charge is 2.32. The summed E-state index contributed by atoms with van der Waals surface area (Å²) in [5, 5.41) is 7.17. The second kappa shape index (κ2) is 6.34. The first kappa shape index (κ1) is 14.8. The van der Waals surface area contributed by atoms with Crippen LogP contribution in [0.4, 0.5) is 5.69 Å². The zero-order valence-corrected chi connectivity index (χ0v) is 13.1. The third-order valence-corrected chi connectivity index (χ3v) is 4.82.